The van der Waals surface area contributed by atoms with E-state index in [9.17, 15) is 10.1 Å². The second kappa shape index (κ2) is 5.89. The number of piperazine rings is 1. The van der Waals surface area contributed by atoms with Gasteiger partial charge < -0.3 is 5.32 Å². The third-order valence-electron chi connectivity index (χ3n) is 4.34. The molecule has 1 aliphatic carbocycles. The number of nitro benzene ring substituents is 1. The first-order chi connectivity index (χ1) is 9.75. The van der Waals surface area contributed by atoms with Crippen molar-refractivity contribution in [2.45, 2.75) is 25.3 Å². The van der Waals surface area contributed by atoms with Crippen molar-refractivity contribution in [2.24, 2.45) is 5.92 Å². The molecule has 5 heteroatoms. The molecule has 1 N–H and O–H groups in total. The molecule has 1 aromatic rings. The summed E-state index contributed by atoms with van der Waals surface area (Å²) in [5.41, 5.74) is 1.17. The number of nitrogens with one attached hydrogen (secondary N) is 1. The van der Waals surface area contributed by atoms with Gasteiger partial charge in [-0.25, -0.2) is 0 Å². The summed E-state index contributed by atoms with van der Waals surface area (Å²) in [6.07, 6.45) is 3.62. The highest BCUT2D eigenvalue weighted by atomic mass is 16.6. The van der Waals surface area contributed by atoms with E-state index in [2.05, 4.69) is 10.2 Å². The normalized spacial score (nSPS) is 21.6. The van der Waals surface area contributed by atoms with Crippen LogP contribution in [0, 0.1) is 16.0 Å². The molecule has 2 aliphatic rings. The Labute approximate surface area is 119 Å². The van der Waals surface area contributed by atoms with E-state index < -0.39 is 0 Å². The minimum Gasteiger partial charge on any atom is -0.314 e. The highest BCUT2D eigenvalue weighted by Crippen LogP contribution is 2.42. The minimum absolute atomic E-state index is 0.200. The SMILES string of the molecule is O=[N+]([O-])c1ccccc1[C@@H](CC1CC1)N1CCNCC1. The third kappa shape index (κ3) is 2.99. The third-order valence-corrected chi connectivity index (χ3v) is 4.34. The van der Waals surface area contributed by atoms with Crippen LogP contribution in [0.25, 0.3) is 0 Å². The van der Waals surface area contributed by atoms with Gasteiger partial charge in [0.15, 0.2) is 0 Å². The van der Waals surface area contributed by atoms with Crippen molar-refractivity contribution >= 4 is 5.69 Å². The van der Waals surface area contributed by atoms with Gasteiger partial charge in [0.2, 0.25) is 0 Å². The van der Waals surface area contributed by atoms with E-state index in [4.69, 9.17) is 0 Å². The second-order valence-corrected chi connectivity index (χ2v) is 5.80. The Bertz CT molecular complexity index is 482. The van der Waals surface area contributed by atoms with E-state index >= 15 is 0 Å². The average molecular weight is 275 g/mol. The molecule has 0 unspecified atom stereocenters. The van der Waals surface area contributed by atoms with Gasteiger partial charge in [-0.2, -0.15) is 0 Å². The van der Waals surface area contributed by atoms with Crippen LogP contribution in [-0.2, 0) is 0 Å². The number of nitrogens with zero attached hydrogens (tertiary/aromatic N) is 2. The lowest BCUT2D eigenvalue weighted by atomic mass is 9.97. The van der Waals surface area contributed by atoms with Gasteiger partial charge in [0.1, 0.15) is 0 Å². The first-order valence-electron chi connectivity index (χ1n) is 7.44. The maximum absolute atomic E-state index is 11.3. The van der Waals surface area contributed by atoms with Gasteiger partial charge in [0.05, 0.1) is 4.92 Å². The van der Waals surface area contributed by atoms with Gasteiger partial charge in [-0.05, 0) is 12.3 Å². The number of hydrogen-bond donors (Lipinski definition) is 1. The molecule has 0 radical (unpaired) electrons. The fourth-order valence-corrected chi connectivity index (χ4v) is 3.07. The fourth-order valence-electron chi connectivity index (χ4n) is 3.07. The molecule has 1 heterocycles. The monoisotopic (exact) mass is 275 g/mol. The molecule has 1 atom stereocenters. The van der Waals surface area contributed by atoms with Crippen LogP contribution < -0.4 is 5.32 Å². The molecule has 108 valence electrons. The zero-order valence-electron chi connectivity index (χ0n) is 11.6. The Balaban J connectivity index is 1.89. The van der Waals surface area contributed by atoms with Crippen LogP contribution in [0.4, 0.5) is 5.69 Å². The zero-order valence-corrected chi connectivity index (χ0v) is 11.6. The summed E-state index contributed by atoms with van der Waals surface area (Å²) in [6.45, 7) is 3.90. The van der Waals surface area contributed by atoms with E-state index in [1.807, 2.05) is 12.1 Å². The molecule has 20 heavy (non-hydrogen) atoms. The summed E-state index contributed by atoms with van der Waals surface area (Å²) in [4.78, 5) is 13.5. The summed E-state index contributed by atoms with van der Waals surface area (Å²) in [6, 6.07) is 7.45. The van der Waals surface area contributed by atoms with Crippen LogP contribution in [-0.4, -0.2) is 36.0 Å². The molecule has 1 saturated heterocycles. The van der Waals surface area contributed by atoms with Gasteiger partial charge in [-0.3, -0.25) is 15.0 Å². The lowest BCUT2D eigenvalue weighted by Crippen LogP contribution is -2.45. The van der Waals surface area contributed by atoms with Crippen molar-refractivity contribution in [1.29, 1.82) is 0 Å². The van der Waals surface area contributed by atoms with Gasteiger partial charge in [0, 0.05) is 43.9 Å². The molecule has 5 nitrogen and oxygen atoms in total. The Morgan fingerprint density at radius 3 is 2.65 bits per heavy atom. The number of para-hydroxylation sites is 1. The van der Waals surface area contributed by atoms with E-state index in [1.165, 1.54) is 12.8 Å². The Hall–Kier alpha value is -1.46. The van der Waals surface area contributed by atoms with Crippen molar-refractivity contribution in [3.8, 4) is 0 Å². The molecular weight excluding hydrogens is 254 g/mol. The fraction of sp³-hybridized carbons (Fsp3) is 0.600. The average Bonchev–Trinajstić information content (AvgIpc) is 3.30. The summed E-state index contributed by atoms with van der Waals surface area (Å²) in [5, 5.41) is 14.6. The number of hydrogen-bond acceptors (Lipinski definition) is 4. The maximum atomic E-state index is 11.3. The summed E-state index contributed by atoms with van der Waals surface area (Å²) in [5.74, 6) is 0.759. The first-order valence-corrected chi connectivity index (χ1v) is 7.44. The van der Waals surface area contributed by atoms with Crippen LogP contribution in [0.15, 0.2) is 24.3 Å². The molecule has 0 spiro atoms. The predicted molar refractivity (Wildman–Crippen MR) is 77.6 cm³/mol. The maximum Gasteiger partial charge on any atom is 0.274 e. The van der Waals surface area contributed by atoms with E-state index in [0.29, 0.717) is 0 Å². The Kier molecular flexibility index (Phi) is 3.98. The standard InChI is InChI=1S/C15H21N3O2/c19-18(20)14-4-2-1-3-13(14)15(11-12-5-6-12)17-9-7-16-8-10-17/h1-4,12,15-16H,5-11H2/t15-/m1/s1. The van der Waals surface area contributed by atoms with Crippen molar-refractivity contribution in [2.75, 3.05) is 26.2 Å². The van der Waals surface area contributed by atoms with E-state index in [-0.39, 0.29) is 16.7 Å². The Morgan fingerprint density at radius 2 is 2.00 bits per heavy atom. The van der Waals surface area contributed by atoms with E-state index in [1.54, 1.807) is 12.1 Å². The number of benzene rings is 1. The highest BCUT2D eigenvalue weighted by molar-refractivity contribution is 5.42. The van der Waals surface area contributed by atoms with Crippen molar-refractivity contribution in [3.63, 3.8) is 0 Å². The lowest BCUT2D eigenvalue weighted by molar-refractivity contribution is -0.386. The van der Waals surface area contributed by atoms with Crippen LogP contribution >= 0.6 is 0 Å². The number of nitro groups is 1. The van der Waals surface area contributed by atoms with Crippen molar-refractivity contribution in [1.82, 2.24) is 10.2 Å². The molecular formula is C15H21N3O2. The highest BCUT2D eigenvalue weighted by Gasteiger charge is 2.33. The largest absolute Gasteiger partial charge is 0.314 e. The molecule has 2 fully saturated rings. The van der Waals surface area contributed by atoms with Gasteiger partial charge in [-0.15, -0.1) is 0 Å². The Morgan fingerprint density at radius 1 is 1.30 bits per heavy atom. The van der Waals surface area contributed by atoms with Gasteiger partial charge in [0.25, 0.3) is 5.69 Å². The molecule has 1 aromatic carbocycles. The van der Waals surface area contributed by atoms with Crippen LogP contribution in [0.2, 0.25) is 0 Å². The first kappa shape index (κ1) is 13.5. The van der Waals surface area contributed by atoms with Gasteiger partial charge >= 0.3 is 0 Å². The second-order valence-electron chi connectivity index (χ2n) is 5.80. The molecule has 1 aliphatic heterocycles. The smallest absolute Gasteiger partial charge is 0.274 e. The van der Waals surface area contributed by atoms with Crippen LogP contribution in [0.5, 0.6) is 0 Å². The predicted octanol–water partition coefficient (Wildman–Crippen LogP) is 2.34. The molecule has 3 rings (SSSR count). The van der Waals surface area contributed by atoms with Crippen LogP contribution in [0.3, 0.4) is 0 Å². The lowest BCUT2D eigenvalue weighted by Gasteiger charge is -2.35. The molecule has 0 aromatic heterocycles. The molecule has 0 amide bonds. The van der Waals surface area contributed by atoms with Gasteiger partial charge in [-0.1, -0.05) is 31.0 Å². The van der Waals surface area contributed by atoms with Crippen molar-refractivity contribution in [3.05, 3.63) is 39.9 Å². The van der Waals surface area contributed by atoms with Crippen molar-refractivity contribution < 1.29 is 4.92 Å². The minimum atomic E-state index is -0.239. The van der Waals surface area contributed by atoms with E-state index in [0.717, 1.165) is 44.1 Å². The molecule has 0 bridgehead atoms. The topological polar surface area (TPSA) is 58.4 Å². The summed E-state index contributed by atoms with van der Waals surface area (Å²) < 4.78 is 0. The van der Waals surface area contributed by atoms with Crippen LogP contribution in [0.1, 0.15) is 30.9 Å². The zero-order chi connectivity index (χ0) is 13.9. The number of rotatable bonds is 5. The molecule has 1 saturated carbocycles. The quantitative estimate of drug-likeness (QED) is 0.662. The summed E-state index contributed by atoms with van der Waals surface area (Å²) >= 11 is 0. The summed E-state index contributed by atoms with van der Waals surface area (Å²) in [7, 11) is 0.